The van der Waals surface area contributed by atoms with Crippen LogP contribution < -0.4 is 5.43 Å². The quantitative estimate of drug-likeness (QED) is 0.469. The van der Waals surface area contributed by atoms with E-state index in [0.717, 1.165) is 5.56 Å². The summed E-state index contributed by atoms with van der Waals surface area (Å²) in [5.74, 6) is -0.620. The maximum atomic E-state index is 11.7. The molecule has 0 aromatic heterocycles. The molecule has 98 valence electrons. The Bertz CT molecular complexity index is 406. The summed E-state index contributed by atoms with van der Waals surface area (Å²) < 4.78 is 4.98. The first-order valence-corrected chi connectivity index (χ1v) is 5.64. The zero-order valence-electron chi connectivity index (χ0n) is 10.3. The normalized spacial score (nSPS) is 11.9. The van der Waals surface area contributed by atoms with Crippen molar-refractivity contribution in [3.63, 3.8) is 0 Å². The first kappa shape index (κ1) is 14.0. The van der Waals surface area contributed by atoms with Crippen molar-refractivity contribution in [1.82, 2.24) is 5.43 Å². The summed E-state index contributed by atoms with van der Waals surface area (Å²) in [5, 5.41) is 9.75. The van der Waals surface area contributed by atoms with Crippen LogP contribution in [-0.2, 0) is 16.0 Å². The number of esters is 1. The number of rotatable bonds is 6. The number of carbonyl (C=O) groups excluding carboxylic acids is 1. The second kappa shape index (κ2) is 6.58. The molecule has 0 saturated heterocycles. The van der Waals surface area contributed by atoms with Crippen LogP contribution in [0, 0.1) is 10.1 Å². The Balaban J connectivity index is 2.72. The van der Waals surface area contributed by atoms with Crippen LogP contribution in [0.3, 0.4) is 0 Å². The summed E-state index contributed by atoms with van der Waals surface area (Å²) >= 11 is 0. The molecule has 6 nitrogen and oxygen atoms in total. The van der Waals surface area contributed by atoms with Gasteiger partial charge in [0.1, 0.15) is 0 Å². The molecule has 0 aliphatic heterocycles. The second-order valence-corrected chi connectivity index (χ2v) is 4.11. The topological polar surface area (TPSA) is 81.5 Å². The molecule has 6 heteroatoms. The fraction of sp³-hybridized carbons (Fsp3) is 0.417. The molecule has 18 heavy (non-hydrogen) atoms. The van der Waals surface area contributed by atoms with Crippen LogP contribution in [0.2, 0.25) is 0 Å². The molecule has 0 unspecified atom stereocenters. The number of nitrogens with one attached hydrogen (secondary N) is 1. The third-order valence-corrected chi connectivity index (χ3v) is 2.18. The van der Waals surface area contributed by atoms with E-state index in [1.165, 1.54) is 0 Å². The number of ether oxygens (including phenoxy) is 1. The van der Waals surface area contributed by atoms with Gasteiger partial charge in [-0.2, -0.15) is 0 Å². The van der Waals surface area contributed by atoms with Crippen LogP contribution in [0.1, 0.15) is 19.4 Å². The van der Waals surface area contributed by atoms with Crippen LogP contribution >= 0.6 is 0 Å². The summed E-state index contributed by atoms with van der Waals surface area (Å²) in [6, 6.07) is 8.09. The van der Waals surface area contributed by atoms with Crippen LogP contribution in [0.5, 0.6) is 0 Å². The van der Waals surface area contributed by atoms with Crippen molar-refractivity contribution < 1.29 is 14.6 Å². The van der Waals surface area contributed by atoms with Gasteiger partial charge in [-0.05, 0) is 19.4 Å². The van der Waals surface area contributed by atoms with Gasteiger partial charge < -0.3 is 4.74 Å². The van der Waals surface area contributed by atoms with Gasteiger partial charge in [-0.3, -0.25) is 0 Å². The number of nitrogens with zero attached hydrogens (tertiary/aromatic N) is 1. The Kier molecular flexibility index (Phi) is 5.10. The molecule has 0 spiro atoms. The lowest BCUT2D eigenvalue weighted by atomic mass is 10.1. The van der Waals surface area contributed by atoms with E-state index in [4.69, 9.17) is 4.74 Å². The zero-order chi connectivity index (χ0) is 13.5. The van der Waals surface area contributed by atoms with E-state index in [2.05, 4.69) is 0 Å². The fourth-order valence-corrected chi connectivity index (χ4v) is 1.47. The monoisotopic (exact) mass is 252 g/mol. The number of hydrazine groups is 1. The molecule has 0 aliphatic carbocycles. The molecule has 1 N–H and O–H groups in total. The SMILES string of the molecule is CC(C)OC(=O)[C@H](Cc1ccccc1)N[N+](=O)[O-]. The molecule has 0 heterocycles. The molecule has 1 atom stereocenters. The summed E-state index contributed by atoms with van der Waals surface area (Å²) in [4.78, 5) is 22.2. The highest BCUT2D eigenvalue weighted by Crippen LogP contribution is 2.05. The Hall–Kier alpha value is -2.11. The lowest BCUT2D eigenvalue weighted by Crippen LogP contribution is -2.43. The van der Waals surface area contributed by atoms with Gasteiger partial charge in [-0.1, -0.05) is 30.3 Å². The number of benzene rings is 1. The molecule has 0 aliphatic rings. The summed E-state index contributed by atoms with van der Waals surface area (Å²) in [6.07, 6.45) is -0.0859. The van der Waals surface area contributed by atoms with Crippen molar-refractivity contribution in [2.45, 2.75) is 32.4 Å². The molecular formula is C12H16N2O4. The van der Waals surface area contributed by atoms with Crippen LogP contribution in [0.4, 0.5) is 0 Å². The maximum absolute atomic E-state index is 11.7. The van der Waals surface area contributed by atoms with Crippen molar-refractivity contribution in [3.05, 3.63) is 46.0 Å². The highest BCUT2D eigenvalue weighted by atomic mass is 16.7. The van der Waals surface area contributed by atoms with Gasteiger partial charge in [0.05, 0.1) is 6.10 Å². The molecule has 0 fully saturated rings. The van der Waals surface area contributed by atoms with E-state index in [1.807, 2.05) is 23.6 Å². The Morgan fingerprint density at radius 1 is 1.39 bits per heavy atom. The summed E-state index contributed by atoms with van der Waals surface area (Å²) in [6.45, 7) is 3.40. The molecule has 0 radical (unpaired) electrons. The summed E-state index contributed by atoms with van der Waals surface area (Å²) in [5.41, 5.74) is 2.81. The fourth-order valence-electron chi connectivity index (χ4n) is 1.47. The lowest BCUT2D eigenvalue weighted by Gasteiger charge is -2.15. The van der Waals surface area contributed by atoms with Crippen molar-refractivity contribution in [3.8, 4) is 0 Å². The smallest absolute Gasteiger partial charge is 0.335 e. The molecule has 0 bridgehead atoms. The summed E-state index contributed by atoms with van der Waals surface area (Å²) in [7, 11) is 0. The first-order valence-electron chi connectivity index (χ1n) is 5.64. The van der Waals surface area contributed by atoms with E-state index in [0.29, 0.717) is 0 Å². The van der Waals surface area contributed by atoms with E-state index in [-0.39, 0.29) is 12.5 Å². The Morgan fingerprint density at radius 2 is 2.00 bits per heavy atom. The molecule has 0 saturated carbocycles. The third kappa shape index (κ3) is 4.82. The zero-order valence-corrected chi connectivity index (χ0v) is 10.3. The van der Waals surface area contributed by atoms with Gasteiger partial charge in [0.15, 0.2) is 11.1 Å². The number of nitro groups is 1. The average Bonchev–Trinajstić information content (AvgIpc) is 2.28. The van der Waals surface area contributed by atoms with Gasteiger partial charge in [0.2, 0.25) is 0 Å². The third-order valence-electron chi connectivity index (χ3n) is 2.18. The van der Waals surface area contributed by atoms with E-state index in [1.54, 1.807) is 26.0 Å². The highest BCUT2D eigenvalue weighted by molar-refractivity contribution is 5.76. The molecule has 1 aromatic carbocycles. The predicted octanol–water partition coefficient (Wildman–Crippen LogP) is 1.33. The molecule has 0 amide bonds. The van der Waals surface area contributed by atoms with Crippen molar-refractivity contribution in [1.29, 1.82) is 0 Å². The van der Waals surface area contributed by atoms with Crippen molar-refractivity contribution in [2.75, 3.05) is 0 Å². The minimum atomic E-state index is -0.982. The van der Waals surface area contributed by atoms with Crippen molar-refractivity contribution >= 4 is 5.97 Å². The van der Waals surface area contributed by atoms with Crippen LogP contribution in [0.25, 0.3) is 0 Å². The van der Waals surface area contributed by atoms with Crippen molar-refractivity contribution in [2.24, 2.45) is 0 Å². The van der Waals surface area contributed by atoms with Crippen LogP contribution in [-0.4, -0.2) is 23.1 Å². The first-order chi connectivity index (χ1) is 8.49. The standard InChI is InChI=1S/C12H16N2O4/c1-9(2)18-12(15)11(13-14(16)17)8-10-6-4-3-5-7-10/h3-7,9,11,13H,8H2,1-2H3/t11-/m0/s1. The molecular weight excluding hydrogens is 236 g/mol. The second-order valence-electron chi connectivity index (χ2n) is 4.11. The average molecular weight is 252 g/mol. The van der Waals surface area contributed by atoms with Gasteiger partial charge in [0.25, 0.3) is 0 Å². The van der Waals surface area contributed by atoms with Gasteiger partial charge in [-0.25, -0.2) is 14.9 Å². The molecule has 1 rings (SSSR count). The van der Waals surface area contributed by atoms with Gasteiger partial charge in [0, 0.05) is 6.42 Å². The van der Waals surface area contributed by atoms with E-state index in [9.17, 15) is 14.9 Å². The highest BCUT2D eigenvalue weighted by Gasteiger charge is 2.25. The van der Waals surface area contributed by atoms with Gasteiger partial charge >= 0.3 is 5.97 Å². The minimum absolute atomic E-state index is 0.216. The largest absolute Gasteiger partial charge is 0.461 e. The van der Waals surface area contributed by atoms with Gasteiger partial charge in [-0.15, -0.1) is 5.43 Å². The lowest BCUT2D eigenvalue weighted by molar-refractivity contribution is -0.548. The van der Waals surface area contributed by atoms with E-state index >= 15 is 0 Å². The van der Waals surface area contributed by atoms with Crippen LogP contribution in [0.15, 0.2) is 30.3 Å². The maximum Gasteiger partial charge on any atom is 0.335 e. The Labute approximate surface area is 105 Å². The number of hydrogen-bond donors (Lipinski definition) is 1. The number of carbonyl (C=O) groups is 1. The predicted molar refractivity (Wildman–Crippen MR) is 65.3 cm³/mol. The van der Waals surface area contributed by atoms with E-state index < -0.39 is 17.0 Å². The molecule has 1 aromatic rings. The number of hydrogen-bond acceptors (Lipinski definition) is 4. The minimum Gasteiger partial charge on any atom is -0.461 e. The Morgan fingerprint density at radius 3 is 2.50 bits per heavy atom.